The van der Waals surface area contributed by atoms with Crippen LogP contribution in [0.25, 0.3) is 11.3 Å². The quantitative estimate of drug-likeness (QED) is 0.262. The first-order valence-electron chi connectivity index (χ1n) is 9.28. The van der Waals surface area contributed by atoms with Crippen molar-refractivity contribution in [2.24, 2.45) is 5.10 Å². The number of hydrazone groups is 1. The van der Waals surface area contributed by atoms with Crippen LogP contribution in [-0.4, -0.2) is 22.2 Å². The number of thiazole rings is 1. The minimum atomic E-state index is -0.327. The summed E-state index contributed by atoms with van der Waals surface area (Å²) < 4.78 is 0. The van der Waals surface area contributed by atoms with Gasteiger partial charge in [0.1, 0.15) is 5.75 Å². The summed E-state index contributed by atoms with van der Waals surface area (Å²) in [5.74, 6) is -0.189. The number of aromatic nitrogens is 1. The van der Waals surface area contributed by atoms with Crippen LogP contribution in [0.2, 0.25) is 5.02 Å². The Hall–Kier alpha value is -3.68. The smallest absolute Gasteiger partial charge is 0.271 e. The summed E-state index contributed by atoms with van der Waals surface area (Å²) in [6, 6.07) is 21.1. The number of carbonyl (C=O) groups is 1. The molecule has 8 heteroatoms. The van der Waals surface area contributed by atoms with Crippen LogP contribution in [0.3, 0.4) is 0 Å². The van der Waals surface area contributed by atoms with Crippen molar-refractivity contribution in [3.05, 3.63) is 94.3 Å². The Labute approximate surface area is 187 Å². The molecule has 1 amide bonds. The summed E-state index contributed by atoms with van der Waals surface area (Å²) in [6.45, 7) is 0. The third-order valence-corrected chi connectivity index (χ3v) is 5.30. The van der Waals surface area contributed by atoms with Crippen molar-refractivity contribution in [3.8, 4) is 17.0 Å². The lowest BCUT2D eigenvalue weighted by molar-refractivity contribution is 0.0955. The van der Waals surface area contributed by atoms with Crippen LogP contribution in [0.4, 0.5) is 10.8 Å². The second-order valence-electron chi connectivity index (χ2n) is 6.54. The van der Waals surface area contributed by atoms with Crippen molar-refractivity contribution in [1.82, 2.24) is 10.4 Å². The molecule has 0 unspecified atom stereocenters. The molecule has 3 aromatic carbocycles. The van der Waals surface area contributed by atoms with E-state index in [0.717, 1.165) is 22.1 Å². The van der Waals surface area contributed by atoms with Crippen LogP contribution in [0.5, 0.6) is 5.75 Å². The van der Waals surface area contributed by atoms with E-state index in [1.54, 1.807) is 36.4 Å². The summed E-state index contributed by atoms with van der Waals surface area (Å²) in [5.41, 5.74) is 6.26. The van der Waals surface area contributed by atoms with Gasteiger partial charge in [-0.3, -0.25) is 4.79 Å². The molecule has 0 fully saturated rings. The Morgan fingerprint density at radius 2 is 1.84 bits per heavy atom. The number of carbonyl (C=O) groups excluding carboxylic acids is 1. The number of phenols is 1. The Morgan fingerprint density at radius 1 is 1.06 bits per heavy atom. The number of aromatic hydroxyl groups is 1. The van der Waals surface area contributed by atoms with Crippen molar-refractivity contribution >= 4 is 45.9 Å². The van der Waals surface area contributed by atoms with Gasteiger partial charge in [-0.25, -0.2) is 10.4 Å². The molecule has 0 aliphatic heterocycles. The zero-order valence-corrected chi connectivity index (χ0v) is 17.7. The minimum absolute atomic E-state index is 0.138. The first kappa shape index (κ1) is 20.6. The molecule has 4 rings (SSSR count). The Morgan fingerprint density at radius 3 is 2.58 bits per heavy atom. The molecule has 0 saturated heterocycles. The van der Waals surface area contributed by atoms with Gasteiger partial charge in [-0.05, 0) is 54.1 Å². The highest BCUT2D eigenvalue weighted by atomic mass is 35.5. The molecular weight excluding hydrogens is 432 g/mol. The monoisotopic (exact) mass is 448 g/mol. The zero-order chi connectivity index (χ0) is 21.6. The van der Waals surface area contributed by atoms with Gasteiger partial charge >= 0.3 is 0 Å². The summed E-state index contributed by atoms with van der Waals surface area (Å²) >= 11 is 7.40. The number of nitrogens with zero attached hydrogens (tertiary/aromatic N) is 2. The molecule has 4 aromatic rings. The molecule has 0 radical (unpaired) electrons. The van der Waals surface area contributed by atoms with Gasteiger partial charge in [0, 0.05) is 27.2 Å². The van der Waals surface area contributed by atoms with Crippen LogP contribution < -0.4 is 10.7 Å². The highest BCUT2D eigenvalue weighted by Crippen LogP contribution is 2.27. The molecule has 0 atom stereocenters. The van der Waals surface area contributed by atoms with Gasteiger partial charge in [-0.2, -0.15) is 5.10 Å². The number of benzene rings is 3. The predicted octanol–water partition coefficient (Wildman–Crippen LogP) is 5.68. The third-order valence-electron chi connectivity index (χ3n) is 4.29. The Bertz CT molecular complexity index is 1220. The van der Waals surface area contributed by atoms with E-state index >= 15 is 0 Å². The SMILES string of the molecule is O=C(N/N=C\c1cccc(O)c1)c1ccc(-c2csc(Nc3ccc(Cl)cc3)n2)cc1. The lowest BCUT2D eigenvalue weighted by atomic mass is 10.1. The fraction of sp³-hybridized carbons (Fsp3) is 0. The topological polar surface area (TPSA) is 86.6 Å². The summed E-state index contributed by atoms with van der Waals surface area (Å²) in [6.07, 6.45) is 1.47. The number of phenolic OH excluding ortho intramolecular Hbond substituents is 1. The van der Waals surface area contributed by atoms with Crippen LogP contribution in [-0.2, 0) is 0 Å². The number of halogens is 1. The maximum atomic E-state index is 12.3. The molecule has 1 aromatic heterocycles. The molecule has 6 nitrogen and oxygen atoms in total. The number of rotatable bonds is 6. The lowest BCUT2D eigenvalue weighted by Gasteiger charge is -2.03. The van der Waals surface area contributed by atoms with E-state index in [4.69, 9.17) is 11.6 Å². The van der Waals surface area contributed by atoms with Gasteiger partial charge in [0.2, 0.25) is 0 Å². The summed E-state index contributed by atoms with van der Waals surface area (Å²) in [4.78, 5) is 16.9. The van der Waals surface area contributed by atoms with Gasteiger partial charge in [-0.1, -0.05) is 35.9 Å². The fourth-order valence-electron chi connectivity index (χ4n) is 2.75. The van der Waals surface area contributed by atoms with E-state index in [2.05, 4.69) is 20.8 Å². The van der Waals surface area contributed by atoms with Crippen LogP contribution >= 0.6 is 22.9 Å². The molecule has 154 valence electrons. The number of amides is 1. The van der Waals surface area contributed by atoms with Gasteiger partial charge in [0.15, 0.2) is 5.13 Å². The maximum Gasteiger partial charge on any atom is 0.271 e. The van der Waals surface area contributed by atoms with E-state index in [1.165, 1.54) is 17.6 Å². The molecule has 3 N–H and O–H groups in total. The fourth-order valence-corrected chi connectivity index (χ4v) is 3.61. The predicted molar refractivity (Wildman–Crippen MR) is 125 cm³/mol. The van der Waals surface area contributed by atoms with Crippen LogP contribution in [0, 0.1) is 0 Å². The molecule has 0 saturated carbocycles. The highest BCUT2D eigenvalue weighted by molar-refractivity contribution is 7.14. The van der Waals surface area contributed by atoms with Crippen molar-refractivity contribution in [2.45, 2.75) is 0 Å². The van der Waals surface area contributed by atoms with E-state index in [1.807, 2.05) is 41.8 Å². The van der Waals surface area contributed by atoms with Crippen molar-refractivity contribution < 1.29 is 9.90 Å². The van der Waals surface area contributed by atoms with Gasteiger partial charge in [-0.15, -0.1) is 11.3 Å². The molecular formula is C23H17ClN4O2S. The molecule has 0 bridgehead atoms. The average molecular weight is 449 g/mol. The van der Waals surface area contributed by atoms with Crippen molar-refractivity contribution in [3.63, 3.8) is 0 Å². The van der Waals surface area contributed by atoms with Gasteiger partial charge in [0.25, 0.3) is 5.91 Å². The standard InChI is InChI=1S/C23H17ClN4O2S/c24-18-8-10-19(11-9-18)26-23-27-21(14-31-23)16-4-6-17(7-5-16)22(30)28-25-13-15-2-1-3-20(29)12-15/h1-14,29H,(H,26,27)(H,28,30)/b25-13-. The van der Waals surface area contributed by atoms with Crippen molar-refractivity contribution in [1.29, 1.82) is 0 Å². The van der Waals surface area contributed by atoms with E-state index < -0.39 is 0 Å². The molecule has 0 aliphatic carbocycles. The number of anilines is 2. The first-order chi connectivity index (χ1) is 15.1. The van der Waals surface area contributed by atoms with Crippen LogP contribution in [0.1, 0.15) is 15.9 Å². The molecule has 0 aliphatic rings. The first-order valence-corrected chi connectivity index (χ1v) is 10.5. The minimum Gasteiger partial charge on any atom is -0.508 e. The summed E-state index contributed by atoms with van der Waals surface area (Å²) in [5, 5.41) is 20.0. The molecule has 1 heterocycles. The van der Waals surface area contributed by atoms with E-state index in [-0.39, 0.29) is 11.7 Å². The third kappa shape index (κ3) is 5.48. The second-order valence-corrected chi connectivity index (χ2v) is 7.84. The number of nitrogens with one attached hydrogen (secondary N) is 2. The Kier molecular flexibility index (Phi) is 6.26. The van der Waals surface area contributed by atoms with Crippen molar-refractivity contribution in [2.75, 3.05) is 5.32 Å². The average Bonchev–Trinajstić information content (AvgIpc) is 3.24. The lowest BCUT2D eigenvalue weighted by Crippen LogP contribution is -2.17. The summed E-state index contributed by atoms with van der Waals surface area (Å²) in [7, 11) is 0. The molecule has 0 spiro atoms. The maximum absolute atomic E-state index is 12.3. The highest BCUT2D eigenvalue weighted by Gasteiger charge is 2.08. The van der Waals surface area contributed by atoms with Crippen LogP contribution in [0.15, 0.2) is 83.3 Å². The number of hydrogen-bond donors (Lipinski definition) is 3. The Balaban J connectivity index is 1.38. The van der Waals surface area contributed by atoms with Gasteiger partial charge in [0.05, 0.1) is 11.9 Å². The second kappa shape index (κ2) is 9.42. The van der Waals surface area contributed by atoms with E-state index in [0.29, 0.717) is 16.1 Å². The normalized spacial score (nSPS) is 10.9. The molecule has 31 heavy (non-hydrogen) atoms. The van der Waals surface area contributed by atoms with Gasteiger partial charge < -0.3 is 10.4 Å². The number of hydrogen-bond acceptors (Lipinski definition) is 6. The zero-order valence-electron chi connectivity index (χ0n) is 16.1. The van der Waals surface area contributed by atoms with E-state index in [9.17, 15) is 9.90 Å². The largest absolute Gasteiger partial charge is 0.508 e.